The van der Waals surface area contributed by atoms with Crippen molar-refractivity contribution in [1.82, 2.24) is 10.3 Å². The van der Waals surface area contributed by atoms with Gasteiger partial charge in [0, 0.05) is 62.1 Å². The van der Waals surface area contributed by atoms with Gasteiger partial charge in [0.15, 0.2) is 0 Å². The van der Waals surface area contributed by atoms with Crippen molar-refractivity contribution in [3.05, 3.63) is 93.8 Å². The molecular weight excluding hydrogens is 430 g/mol. The smallest absolute Gasteiger partial charge is 0.269 e. The van der Waals surface area contributed by atoms with E-state index in [1.165, 1.54) is 5.56 Å². The zero-order valence-electron chi connectivity index (χ0n) is 19.1. The number of amides is 1. The fourth-order valence-corrected chi connectivity index (χ4v) is 5.04. The number of hydrogen-bond donors (Lipinski definition) is 1. The van der Waals surface area contributed by atoms with Crippen molar-refractivity contribution in [2.75, 3.05) is 29.4 Å². The van der Waals surface area contributed by atoms with Crippen molar-refractivity contribution in [3.8, 4) is 0 Å². The number of anilines is 2. The number of benzene rings is 2. The summed E-state index contributed by atoms with van der Waals surface area (Å²) in [6, 6.07) is 17.2. The second-order valence-electron chi connectivity index (χ2n) is 9.00. The van der Waals surface area contributed by atoms with Gasteiger partial charge in [0.05, 0.1) is 16.9 Å². The largest absolute Gasteiger partial charge is 0.368 e. The number of piperazine rings is 1. The van der Waals surface area contributed by atoms with Crippen molar-refractivity contribution in [3.63, 3.8) is 0 Å². The first-order valence-corrected chi connectivity index (χ1v) is 11.5. The molecule has 8 heteroatoms. The Balaban J connectivity index is 1.43. The molecule has 0 aliphatic carbocycles. The molecule has 5 rings (SSSR count). The molecule has 1 saturated heterocycles. The van der Waals surface area contributed by atoms with Crippen LogP contribution in [0, 0.1) is 23.0 Å². The number of aryl methyl sites for hydroxylation is 1. The van der Waals surface area contributed by atoms with Gasteiger partial charge in [-0.15, -0.1) is 0 Å². The molecule has 3 aromatic rings. The standard InChI is InChI=1S/C26H27N5O3/c1-18-4-6-21(7-5-18)29-11-12-30-24-9-8-22(31(33)34)13-20(24)14-23(25(30)17-29)26(32)28-16-19-3-2-10-27-15-19/h2-10,13,15,23,25H,11-12,14,16-17H2,1H3,(H,28,32). The molecule has 2 atom stereocenters. The third kappa shape index (κ3) is 4.31. The van der Waals surface area contributed by atoms with Gasteiger partial charge < -0.3 is 15.1 Å². The molecule has 0 bridgehead atoms. The SMILES string of the molecule is Cc1ccc(N2CCN3c4ccc([N+](=O)[O-])cc4CC(C(=O)NCc4cccnc4)C3C2)cc1. The van der Waals surface area contributed by atoms with Crippen LogP contribution in [0.5, 0.6) is 0 Å². The van der Waals surface area contributed by atoms with Crippen molar-refractivity contribution < 1.29 is 9.72 Å². The van der Waals surface area contributed by atoms with E-state index in [2.05, 4.69) is 51.3 Å². The van der Waals surface area contributed by atoms with Crippen LogP contribution in [-0.2, 0) is 17.8 Å². The predicted molar refractivity (Wildman–Crippen MR) is 131 cm³/mol. The summed E-state index contributed by atoms with van der Waals surface area (Å²) >= 11 is 0. The maximum atomic E-state index is 13.4. The number of nitro groups is 1. The molecule has 3 heterocycles. The zero-order valence-corrected chi connectivity index (χ0v) is 19.1. The van der Waals surface area contributed by atoms with E-state index < -0.39 is 0 Å². The van der Waals surface area contributed by atoms with Crippen LogP contribution in [0.1, 0.15) is 16.7 Å². The lowest BCUT2D eigenvalue weighted by atomic mass is 9.83. The second kappa shape index (κ2) is 9.13. The number of carbonyl (C=O) groups excluding carboxylic acids is 1. The molecule has 1 N–H and O–H groups in total. The van der Waals surface area contributed by atoms with Gasteiger partial charge in [-0.05, 0) is 48.7 Å². The fourth-order valence-electron chi connectivity index (χ4n) is 5.04. The number of pyridine rings is 1. The maximum Gasteiger partial charge on any atom is 0.269 e. The maximum absolute atomic E-state index is 13.4. The molecule has 2 aliphatic rings. The van der Waals surface area contributed by atoms with E-state index in [9.17, 15) is 14.9 Å². The van der Waals surface area contributed by atoms with Gasteiger partial charge in [-0.1, -0.05) is 23.8 Å². The number of fused-ring (bicyclic) bond motifs is 3. The predicted octanol–water partition coefficient (Wildman–Crippen LogP) is 3.48. The quantitative estimate of drug-likeness (QED) is 0.466. The molecule has 8 nitrogen and oxygen atoms in total. The summed E-state index contributed by atoms with van der Waals surface area (Å²) in [5.74, 6) is -0.360. The molecule has 0 radical (unpaired) electrons. The third-order valence-electron chi connectivity index (χ3n) is 6.83. The average Bonchev–Trinajstić information content (AvgIpc) is 2.87. The highest BCUT2D eigenvalue weighted by Gasteiger charge is 2.42. The van der Waals surface area contributed by atoms with Crippen molar-refractivity contribution in [2.24, 2.45) is 5.92 Å². The lowest BCUT2D eigenvalue weighted by Crippen LogP contribution is -2.61. The minimum atomic E-state index is -0.376. The van der Waals surface area contributed by atoms with Gasteiger partial charge in [-0.2, -0.15) is 0 Å². The molecule has 0 saturated carbocycles. The Hall–Kier alpha value is -3.94. The number of hydrogen-bond acceptors (Lipinski definition) is 6. The highest BCUT2D eigenvalue weighted by atomic mass is 16.6. The Labute approximate surface area is 198 Å². The third-order valence-corrected chi connectivity index (χ3v) is 6.83. The normalized spacial score (nSPS) is 19.2. The van der Waals surface area contributed by atoms with Crippen LogP contribution in [0.15, 0.2) is 67.0 Å². The second-order valence-corrected chi connectivity index (χ2v) is 9.00. The van der Waals surface area contributed by atoms with Crippen LogP contribution in [-0.4, -0.2) is 41.5 Å². The lowest BCUT2D eigenvalue weighted by molar-refractivity contribution is -0.384. The Morgan fingerprint density at radius 3 is 2.74 bits per heavy atom. The molecule has 1 aromatic heterocycles. The van der Waals surface area contributed by atoms with Gasteiger partial charge in [-0.25, -0.2) is 0 Å². The van der Waals surface area contributed by atoms with Gasteiger partial charge >= 0.3 is 0 Å². The van der Waals surface area contributed by atoms with Gasteiger partial charge in [0.2, 0.25) is 5.91 Å². The highest BCUT2D eigenvalue weighted by Crippen LogP contribution is 2.38. The van der Waals surface area contributed by atoms with E-state index in [0.29, 0.717) is 19.5 Å². The summed E-state index contributed by atoms with van der Waals surface area (Å²) < 4.78 is 0. The van der Waals surface area contributed by atoms with Crippen LogP contribution in [0.2, 0.25) is 0 Å². The number of aromatic nitrogens is 1. The number of nitrogens with one attached hydrogen (secondary N) is 1. The fraction of sp³-hybridized carbons (Fsp3) is 0.308. The number of nitro benzene ring substituents is 1. The molecule has 2 aliphatic heterocycles. The van der Waals surface area contributed by atoms with Gasteiger partial charge in [0.25, 0.3) is 5.69 Å². The topological polar surface area (TPSA) is 91.6 Å². The van der Waals surface area contributed by atoms with Crippen LogP contribution >= 0.6 is 0 Å². The highest BCUT2D eigenvalue weighted by molar-refractivity contribution is 5.82. The summed E-state index contributed by atoms with van der Waals surface area (Å²) in [6.45, 7) is 4.75. The molecule has 1 fully saturated rings. The Kier molecular flexibility index (Phi) is 5.88. The van der Waals surface area contributed by atoms with E-state index in [1.54, 1.807) is 24.5 Å². The first kappa shape index (κ1) is 21.9. The molecule has 1 amide bonds. The minimum Gasteiger partial charge on any atom is -0.368 e. The van der Waals surface area contributed by atoms with Crippen molar-refractivity contribution in [1.29, 1.82) is 0 Å². The van der Waals surface area contributed by atoms with E-state index in [-0.39, 0.29) is 28.5 Å². The minimum absolute atomic E-state index is 0.0297. The number of rotatable bonds is 5. The molecule has 174 valence electrons. The Morgan fingerprint density at radius 2 is 2.00 bits per heavy atom. The van der Waals surface area contributed by atoms with Gasteiger partial charge in [0.1, 0.15) is 0 Å². The molecule has 0 spiro atoms. The Bertz CT molecular complexity index is 1200. The number of nitrogens with zero attached hydrogens (tertiary/aromatic N) is 4. The zero-order chi connectivity index (χ0) is 23.7. The van der Waals surface area contributed by atoms with E-state index in [0.717, 1.165) is 35.6 Å². The van der Waals surface area contributed by atoms with E-state index in [4.69, 9.17) is 0 Å². The molecule has 2 aromatic carbocycles. The van der Waals surface area contributed by atoms with Crippen LogP contribution in [0.3, 0.4) is 0 Å². The van der Waals surface area contributed by atoms with E-state index in [1.807, 2.05) is 18.2 Å². The van der Waals surface area contributed by atoms with Crippen molar-refractivity contribution in [2.45, 2.75) is 25.9 Å². The van der Waals surface area contributed by atoms with Gasteiger partial charge in [-0.3, -0.25) is 19.9 Å². The summed E-state index contributed by atoms with van der Waals surface area (Å²) in [7, 11) is 0. The van der Waals surface area contributed by atoms with Crippen molar-refractivity contribution >= 4 is 23.0 Å². The first-order valence-electron chi connectivity index (χ1n) is 11.5. The lowest BCUT2D eigenvalue weighted by Gasteiger charge is -2.49. The Morgan fingerprint density at radius 1 is 1.18 bits per heavy atom. The molecular formula is C26H27N5O3. The number of non-ortho nitro benzene ring substituents is 1. The summed E-state index contributed by atoms with van der Waals surface area (Å²) in [6.07, 6.45) is 3.92. The average molecular weight is 458 g/mol. The summed E-state index contributed by atoms with van der Waals surface area (Å²) in [5.41, 5.74) is 5.21. The van der Waals surface area contributed by atoms with E-state index >= 15 is 0 Å². The first-order chi connectivity index (χ1) is 16.5. The van der Waals surface area contributed by atoms with Crippen LogP contribution in [0.25, 0.3) is 0 Å². The molecule has 2 unspecified atom stereocenters. The van der Waals surface area contributed by atoms with Crippen LogP contribution < -0.4 is 15.1 Å². The monoisotopic (exact) mass is 457 g/mol. The summed E-state index contributed by atoms with van der Waals surface area (Å²) in [4.78, 5) is 33.1. The van der Waals surface area contributed by atoms with Crippen LogP contribution in [0.4, 0.5) is 17.1 Å². The number of carbonyl (C=O) groups is 1. The molecule has 34 heavy (non-hydrogen) atoms. The summed E-state index contributed by atoms with van der Waals surface area (Å²) in [5, 5.41) is 14.4.